The summed E-state index contributed by atoms with van der Waals surface area (Å²) in [5.74, 6) is 1.63. The third kappa shape index (κ3) is 3.71. The van der Waals surface area contributed by atoms with Gasteiger partial charge < -0.3 is 5.32 Å². The third-order valence-corrected chi connectivity index (χ3v) is 3.74. The van der Waals surface area contributed by atoms with Crippen molar-refractivity contribution in [3.8, 4) is 0 Å². The van der Waals surface area contributed by atoms with E-state index in [2.05, 4.69) is 43.3 Å². The molecule has 0 unspecified atom stereocenters. The van der Waals surface area contributed by atoms with Crippen molar-refractivity contribution in [2.24, 2.45) is 0 Å². The standard InChI is InChI=1S/C12H12BrN3S/c1-14-12-7-15-10(6-16-12)8-17-11-4-2-9(13)3-5-11/h2-7H,8H2,1H3,(H,14,16). The van der Waals surface area contributed by atoms with Crippen LogP contribution in [0.25, 0.3) is 0 Å². The van der Waals surface area contributed by atoms with Gasteiger partial charge >= 0.3 is 0 Å². The molecule has 3 nitrogen and oxygen atoms in total. The summed E-state index contributed by atoms with van der Waals surface area (Å²) in [6.07, 6.45) is 3.55. The normalized spacial score (nSPS) is 10.2. The van der Waals surface area contributed by atoms with Crippen LogP contribution in [0.2, 0.25) is 0 Å². The number of nitrogens with zero attached hydrogens (tertiary/aromatic N) is 2. The van der Waals surface area contributed by atoms with Gasteiger partial charge in [0.2, 0.25) is 0 Å². The van der Waals surface area contributed by atoms with Crippen LogP contribution in [0.3, 0.4) is 0 Å². The van der Waals surface area contributed by atoms with Gasteiger partial charge in [-0.1, -0.05) is 15.9 Å². The van der Waals surface area contributed by atoms with Crippen LogP contribution in [-0.2, 0) is 5.75 Å². The Balaban J connectivity index is 1.95. The summed E-state index contributed by atoms with van der Waals surface area (Å²) < 4.78 is 1.10. The highest BCUT2D eigenvalue weighted by Crippen LogP contribution is 2.23. The fraction of sp³-hybridized carbons (Fsp3) is 0.167. The monoisotopic (exact) mass is 309 g/mol. The Morgan fingerprint density at radius 2 is 1.94 bits per heavy atom. The lowest BCUT2D eigenvalue weighted by atomic mass is 10.4. The first-order chi connectivity index (χ1) is 8.28. The van der Waals surface area contributed by atoms with Gasteiger partial charge in [-0.15, -0.1) is 11.8 Å². The fourth-order valence-electron chi connectivity index (χ4n) is 1.25. The molecule has 0 amide bonds. The van der Waals surface area contributed by atoms with Gasteiger partial charge in [-0.05, 0) is 24.3 Å². The summed E-state index contributed by atoms with van der Waals surface area (Å²) in [7, 11) is 1.83. The zero-order valence-corrected chi connectivity index (χ0v) is 11.8. The smallest absolute Gasteiger partial charge is 0.144 e. The predicted octanol–water partition coefficient (Wildman–Crippen LogP) is 3.57. The number of rotatable bonds is 4. The third-order valence-electron chi connectivity index (χ3n) is 2.16. The van der Waals surface area contributed by atoms with Gasteiger partial charge in [-0.2, -0.15) is 0 Å². The van der Waals surface area contributed by atoms with Gasteiger partial charge in [0.05, 0.1) is 18.1 Å². The van der Waals surface area contributed by atoms with Crippen molar-refractivity contribution in [3.63, 3.8) is 0 Å². The van der Waals surface area contributed by atoms with Crippen molar-refractivity contribution < 1.29 is 0 Å². The molecule has 1 aromatic heterocycles. The predicted molar refractivity (Wildman–Crippen MR) is 75.3 cm³/mol. The maximum Gasteiger partial charge on any atom is 0.144 e. The molecule has 1 aromatic carbocycles. The number of benzene rings is 1. The molecule has 0 fully saturated rings. The SMILES string of the molecule is CNc1cnc(CSc2ccc(Br)cc2)cn1. The topological polar surface area (TPSA) is 37.8 Å². The quantitative estimate of drug-likeness (QED) is 0.876. The van der Waals surface area contributed by atoms with Crippen molar-refractivity contribution in [1.82, 2.24) is 9.97 Å². The van der Waals surface area contributed by atoms with Gasteiger partial charge in [0, 0.05) is 22.2 Å². The van der Waals surface area contributed by atoms with Crippen molar-refractivity contribution in [1.29, 1.82) is 0 Å². The Kier molecular flexibility index (Phi) is 4.39. The minimum absolute atomic E-state index is 0.794. The van der Waals surface area contributed by atoms with Crippen LogP contribution in [0.1, 0.15) is 5.69 Å². The Morgan fingerprint density at radius 1 is 1.18 bits per heavy atom. The largest absolute Gasteiger partial charge is 0.372 e. The average molecular weight is 310 g/mol. The molecule has 0 aliphatic rings. The van der Waals surface area contributed by atoms with Gasteiger partial charge in [0.15, 0.2) is 0 Å². The molecule has 17 heavy (non-hydrogen) atoms. The lowest BCUT2D eigenvalue weighted by molar-refractivity contribution is 1.10. The summed E-state index contributed by atoms with van der Waals surface area (Å²) in [6.45, 7) is 0. The van der Waals surface area contributed by atoms with Crippen LogP contribution < -0.4 is 5.32 Å². The van der Waals surface area contributed by atoms with E-state index in [1.54, 1.807) is 24.2 Å². The van der Waals surface area contributed by atoms with Crippen LogP contribution in [0.15, 0.2) is 46.0 Å². The summed E-state index contributed by atoms with van der Waals surface area (Å²) in [4.78, 5) is 9.79. The molecule has 0 spiro atoms. The molecule has 0 saturated carbocycles. The first kappa shape index (κ1) is 12.4. The number of hydrogen-bond donors (Lipinski definition) is 1. The molecule has 0 aliphatic heterocycles. The molecular formula is C12H12BrN3S. The molecular weight excluding hydrogens is 298 g/mol. The molecule has 0 aliphatic carbocycles. The molecule has 5 heteroatoms. The second-order valence-corrected chi connectivity index (χ2v) is 5.35. The summed E-state index contributed by atoms with van der Waals surface area (Å²) >= 11 is 5.17. The highest BCUT2D eigenvalue weighted by atomic mass is 79.9. The molecule has 0 bridgehead atoms. The molecule has 0 saturated heterocycles. The average Bonchev–Trinajstić information content (AvgIpc) is 2.39. The van der Waals surface area contributed by atoms with Gasteiger partial charge in [-0.3, -0.25) is 4.98 Å². The van der Waals surface area contributed by atoms with E-state index in [1.807, 2.05) is 19.2 Å². The first-order valence-electron chi connectivity index (χ1n) is 5.15. The van der Waals surface area contributed by atoms with E-state index in [9.17, 15) is 0 Å². The molecule has 1 N–H and O–H groups in total. The Labute approximate surface area is 113 Å². The van der Waals surface area contributed by atoms with E-state index >= 15 is 0 Å². The molecule has 1 heterocycles. The van der Waals surface area contributed by atoms with Gasteiger partial charge in [0.1, 0.15) is 5.82 Å². The number of anilines is 1. The summed E-state index contributed by atoms with van der Waals surface area (Å²) in [5.41, 5.74) is 0.983. The lowest BCUT2D eigenvalue weighted by Gasteiger charge is -2.02. The summed E-state index contributed by atoms with van der Waals surface area (Å²) in [5, 5.41) is 2.95. The van der Waals surface area contributed by atoms with Crippen molar-refractivity contribution in [3.05, 3.63) is 46.8 Å². The fourth-order valence-corrected chi connectivity index (χ4v) is 2.30. The number of hydrogen-bond acceptors (Lipinski definition) is 4. The van der Waals surface area contributed by atoms with Crippen LogP contribution in [0, 0.1) is 0 Å². The van der Waals surface area contributed by atoms with E-state index < -0.39 is 0 Å². The second kappa shape index (κ2) is 6.02. The van der Waals surface area contributed by atoms with E-state index in [1.165, 1.54) is 4.90 Å². The Bertz CT molecular complexity index is 470. The number of thioether (sulfide) groups is 1. The van der Waals surface area contributed by atoms with Crippen LogP contribution in [-0.4, -0.2) is 17.0 Å². The van der Waals surface area contributed by atoms with Crippen molar-refractivity contribution in [2.75, 3.05) is 12.4 Å². The summed E-state index contributed by atoms with van der Waals surface area (Å²) in [6, 6.07) is 8.25. The van der Waals surface area contributed by atoms with Crippen LogP contribution >= 0.6 is 27.7 Å². The van der Waals surface area contributed by atoms with Crippen molar-refractivity contribution >= 4 is 33.5 Å². The number of halogens is 1. The number of nitrogens with one attached hydrogen (secondary N) is 1. The van der Waals surface area contributed by atoms with Gasteiger partial charge in [-0.25, -0.2) is 4.98 Å². The molecule has 0 radical (unpaired) electrons. The second-order valence-electron chi connectivity index (χ2n) is 3.39. The zero-order chi connectivity index (χ0) is 12.1. The number of aromatic nitrogens is 2. The van der Waals surface area contributed by atoms with E-state index in [-0.39, 0.29) is 0 Å². The Morgan fingerprint density at radius 3 is 2.53 bits per heavy atom. The van der Waals surface area contributed by atoms with Crippen LogP contribution in [0.4, 0.5) is 5.82 Å². The molecule has 88 valence electrons. The van der Waals surface area contributed by atoms with Crippen molar-refractivity contribution in [2.45, 2.75) is 10.6 Å². The highest BCUT2D eigenvalue weighted by Gasteiger charge is 1.99. The molecule has 0 atom stereocenters. The van der Waals surface area contributed by atoms with E-state index in [0.29, 0.717) is 0 Å². The minimum Gasteiger partial charge on any atom is -0.372 e. The molecule has 2 aromatic rings. The maximum absolute atomic E-state index is 4.33. The Hall–Kier alpha value is -1.07. The van der Waals surface area contributed by atoms with Gasteiger partial charge in [0.25, 0.3) is 0 Å². The van der Waals surface area contributed by atoms with E-state index in [0.717, 1.165) is 21.7 Å². The lowest BCUT2D eigenvalue weighted by Crippen LogP contribution is -1.95. The minimum atomic E-state index is 0.794. The maximum atomic E-state index is 4.33. The van der Waals surface area contributed by atoms with Crippen LogP contribution in [0.5, 0.6) is 0 Å². The zero-order valence-electron chi connectivity index (χ0n) is 9.35. The first-order valence-corrected chi connectivity index (χ1v) is 6.93. The highest BCUT2D eigenvalue weighted by molar-refractivity contribution is 9.10. The van der Waals surface area contributed by atoms with E-state index in [4.69, 9.17) is 0 Å². The molecule has 2 rings (SSSR count).